The number of hydrogen-bond donors (Lipinski definition) is 1. The topological polar surface area (TPSA) is 105 Å². The lowest BCUT2D eigenvalue weighted by molar-refractivity contribution is -0.117. The molecule has 9 nitrogen and oxygen atoms in total. The van der Waals surface area contributed by atoms with Crippen molar-refractivity contribution in [3.8, 4) is 16.3 Å². The quantitative estimate of drug-likeness (QED) is 0.546. The second-order valence-electron chi connectivity index (χ2n) is 7.63. The molecular formula is C22H25N5O4S2. The summed E-state index contributed by atoms with van der Waals surface area (Å²) in [6.07, 6.45) is 0. The molecule has 0 atom stereocenters. The van der Waals surface area contributed by atoms with E-state index in [-0.39, 0.29) is 17.3 Å². The number of rotatable bonds is 7. The van der Waals surface area contributed by atoms with E-state index in [4.69, 9.17) is 4.74 Å². The zero-order valence-corrected chi connectivity index (χ0v) is 20.0. The molecule has 1 aromatic heterocycles. The highest BCUT2D eigenvalue weighted by molar-refractivity contribution is 7.89. The van der Waals surface area contributed by atoms with Crippen molar-refractivity contribution in [2.75, 3.05) is 45.2 Å². The Bertz CT molecular complexity index is 1220. The lowest BCUT2D eigenvalue weighted by Gasteiger charge is -2.33. The number of anilines is 1. The second kappa shape index (κ2) is 9.96. The monoisotopic (exact) mass is 487 g/mol. The summed E-state index contributed by atoms with van der Waals surface area (Å²) in [5.74, 6) is 0.403. The normalized spacial score (nSPS) is 15.3. The molecule has 1 fully saturated rings. The Balaban J connectivity index is 1.30. The van der Waals surface area contributed by atoms with Crippen LogP contribution in [0.4, 0.5) is 5.13 Å². The fourth-order valence-electron chi connectivity index (χ4n) is 3.58. The van der Waals surface area contributed by atoms with Gasteiger partial charge in [0.1, 0.15) is 10.8 Å². The highest BCUT2D eigenvalue weighted by Gasteiger charge is 2.29. The van der Waals surface area contributed by atoms with Gasteiger partial charge in [0.25, 0.3) is 0 Å². The van der Waals surface area contributed by atoms with E-state index in [1.807, 2.05) is 36.1 Å². The van der Waals surface area contributed by atoms with Gasteiger partial charge in [-0.3, -0.25) is 15.0 Å². The first-order chi connectivity index (χ1) is 15.9. The van der Waals surface area contributed by atoms with Gasteiger partial charge in [0, 0.05) is 31.7 Å². The average molecular weight is 488 g/mol. The molecule has 1 aliphatic rings. The predicted molar refractivity (Wildman–Crippen MR) is 127 cm³/mol. The molecule has 1 amide bonds. The van der Waals surface area contributed by atoms with Gasteiger partial charge in [0.15, 0.2) is 0 Å². The maximum Gasteiger partial charge on any atom is 0.243 e. The maximum atomic E-state index is 12.9. The van der Waals surface area contributed by atoms with Crippen LogP contribution in [-0.2, 0) is 14.8 Å². The molecule has 0 saturated carbocycles. The number of nitrogens with one attached hydrogen (secondary N) is 1. The number of carbonyl (C=O) groups excluding carboxylic acids is 1. The number of hydrogen-bond acceptors (Lipinski definition) is 8. The summed E-state index contributed by atoms with van der Waals surface area (Å²) in [6, 6.07) is 14.2. The summed E-state index contributed by atoms with van der Waals surface area (Å²) in [5, 5.41) is 12.3. The van der Waals surface area contributed by atoms with Gasteiger partial charge in [-0.1, -0.05) is 35.6 Å². The Morgan fingerprint density at radius 1 is 1.06 bits per heavy atom. The summed E-state index contributed by atoms with van der Waals surface area (Å²) in [7, 11) is -2.05. The number of sulfonamides is 1. The van der Waals surface area contributed by atoms with Crippen molar-refractivity contribution in [2.45, 2.75) is 11.8 Å². The van der Waals surface area contributed by atoms with E-state index < -0.39 is 10.0 Å². The van der Waals surface area contributed by atoms with E-state index >= 15 is 0 Å². The van der Waals surface area contributed by atoms with Gasteiger partial charge < -0.3 is 4.74 Å². The molecular weight excluding hydrogens is 462 g/mol. The Hall–Kier alpha value is -2.86. The number of benzene rings is 2. The van der Waals surface area contributed by atoms with Crippen molar-refractivity contribution in [3.63, 3.8) is 0 Å². The van der Waals surface area contributed by atoms with Gasteiger partial charge in [0.2, 0.25) is 21.1 Å². The van der Waals surface area contributed by atoms with Crippen molar-refractivity contribution < 1.29 is 17.9 Å². The van der Waals surface area contributed by atoms with Crippen LogP contribution in [0.2, 0.25) is 0 Å². The Morgan fingerprint density at radius 3 is 2.42 bits per heavy atom. The Labute approximate surface area is 197 Å². The molecule has 33 heavy (non-hydrogen) atoms. The van der Waals surface area contributed by atoms with Crippen LogP contribution in [0.5, 0.6) is 5.75 Å². The van der Waals surface area contributed by atoms with Crippen molar-refractivity contribution in [2.24, 2.45) is 0 Å². The van der Waals surface area contributed by atoms with Crippen LogP contribution in [0.25, 0.3) is 10.6 Å². The number of amides is 1. The summed E-state index contributed by atoms with van der Waals surface area (Å²) in [4.78, 5) is 14.7. The molecule has 0 unspecified atom stereocenters. The predicted octanol–water partition coefficient (Wildman–Crippen LogP) is 2.47. The van der Waals surface area contributed by atoms with E-state index in [1.165, 1.54) is 22.8 Å². The van der Waals surface area contributed by atoms with Crippen LogP contribution < -0.4 is 10.1 Å². The van der Waals surface area contributed by atoms with Gasteiger partial charge in [-0.15, -0.1) is 10.2 Å². The third-order valence-corrected chi connectivity index (χ3v) is 8.23. The smallest absolute Gasteiger partial charge is 0.243 e. The molecule has 1 aliphatic heterocycles. The van der Waals surface area contributed by atoms with Crippen LogP contribution >= 0.6 is 11.3 Å². The first-order valence-electron chi connectivity index (χ1n) is 10.4. The molecule has 1 saturated heterocycles. The van der Waals surface area contributed by atoms with Crippen LogP contribution in [0.3, 0.4) is 0 Å². The number of aryl methyl sites for hydroxylation is 1. The van der Waals surface area contributed by atoms with Crippen LogP contribution in [0.15, 0.2) is 53.4 Å². The largest absolute Gasteiger partial charge is 0.497 e. The minimum absolute atomic E-state index is 0.162. The lowest BCUT2D eigenvalue weighted by atomic mass is 10.1. The Morgan fingerprint density at radius 2 is 1.76 bits per heavy atom. The van der Waals surface area contributed by atoms with Gasteiger partial charge >= 0.3 is 0 Å². The molecule has 0 radical (unpaired) electrons. The van der Waals surface area contributed by atoms with Crippen molar-refractivity contribution in [1.29, 1.82) is 0 Å². The zero-order chi connectivity index (χ0) is 23.4. The third-order valence-electron chi connectivity index (χ3n) is 5.44. The third kappa shape index (κ3) is 5.38. The lowest BCUT2D eigenvalue weighted by Crippen LogP contribution is -2.50. The number of piperazine rings is 1. The maximum absolute atomic E-state index is 12.9. The first-order valence-corrected chi connectivity index (χ1v) is 12.7. The molecule has 174 valence electrons. The molecule has 0 bridgehead atoms. The fraction of sp³-hybridized carbons (Fsp3) is 0.318. The number of nitrogens with zero attached hydrogens (tertiary/aromatic N) is 4. The number of methoxy groups -OCH3 is 1. The van der Waals surface area contributed by atoms with E-state index in [1.54, 1.807) is 24.3 Å². The molecule has 0 aliphatic carbocycles. The summed E-state index contributed by atoms with van der Waals surface area (Å²) in [5.41, 5.74) is 2.08. The van der Waals surface area contributed by atoms with E-state index in [0.717, 1.165) is 16.1 Å². The van der Waals surface area contributed by atoms with Gasteiger partial charge in [-0.05, 0) is 36.8 Å². The first kappa shape index (κ1) is 23.3. The summed E-state index contributed by atoms with van der Waals surface area (Å²) >= 11 is 1.33. The Kier molecular flexibility index (Phi) is 7.03. The van der Waals surface area contributed by atoms with E-state index in [9.17, 15) is 13.2 Å². The second-order valence-corrected chi connectivity index (χ2v) is 10.5. The number of ether oxygens (including phenoxy) is 1. The van der Waals surface area contributed by atoms with E-state index in [0.29, 0.717) is 37.1 Å². The van der Waals surface area contributed by atoms with Crippen molar-refractivity contribution in [3.05, 3.63) is 54.1 Å². The zero-order valence-electron chi connectivity index (χ0n) is 18.4. The highest BCUT2D eigenvalue weighted by Crippen LogP contribution is 2.28. The van der Waals surface area contributed by atoms with Crippen LogP contribution in [-0.4, -0.2) is 73.6 Å². The molecule has 2 heterocycles. The standard InChI is InChI=1S/C22H25N5O4S2/c1-16-5-3-4-6-19(16)21-24-25-22(32-21)23-20(28)15-26-11-13-27(14-12-26)33(29,30)18-9-7-17(31-2)8-10-18/h3-10H,11-15H2,1-2H3,(H,23,25,28). The molecule has 1 N–H and O–H groups in total. The highest BCUT2D eigenvalue weighted by atomic mass is 32.2. The summed E-state index contributed by atoms with van der Waals surface area (Å²) < 4.78 is 32.3. The minimum atomic E-state index is -3.58. The fourth-order valence-corrected chi connectivity index (χ4v) is 5.85. The molecule has 4 rings (SSSR count). The van der Waals surface area contributed by atoms with Gasteiger partial charge in [0.05, 0.1) is 18.6 Å². The van der Waals surface area contributed by atoms with E-state index in [2.05, 4.69) is 15.5 Å². The number of carbonyl (C=O) groups is 1. The van der Waals surface area contributed by atoms with Gasteiger partial charge in [-0.25, -0.2) is 8.42 Å². The SMILES string of the molecule is COc1ccc(S(=O)(=O)N2CCN(CC(=O)Nc3nnc(-c4ccccc4C)s3)CC2)cc1. The molecule has 11 heteroatoms. The minimum Gasteiger partial charge on any atom is -0.497 e. The van der Waals surface area contributed by atoms with Crippen molar-refractivity contribution >= 4 is 32.4 Å². The molecule has 3 aromatic rings. The summed E-state index contributed by atoms with van der Waals surface area (Å²) in [6.45, 7) is 3.73. The average Bonchev–Trinajstić information content (AvgIpc) is 3.27. The molecule has 0 spiro atoms. The van der Waals surface area contributed by atoms with Crippen molar-refractivity contribution in [1.82, 2.24) is 19.4 Å². The number of aromatic nitrogens is 2. The van der Waals surface area contributed by atoms with Crippen LogP contribution in [0, 0.1) is 6.92 Å². The van der Waals surface area contributed by atoms with Crippen LogP contribution in [0.1, 0.15) is 5.56 Å². The molecule has 2 aromatic carbocycles. The van der Waals surface area contributed by atoms with Gasteiger partial charge in [-0.2, -0.15) is 4.31 Å².